The van der Waals surface area contributed by atoms with Crippen molar-refractivity contribution in [2.75, 3.05) is 19.0 Å². The number of benzene rings is 1. The highest BCUT2D eigenvalue weighted by Crippen LogP contribution is 2.22. The lowest BCUT2D eigenvalue weighted by molar-refractivity contribution is 0.417. The zero-order chi connectivity index (χ0) is 17.5. The van der Waals surface area contributed by atoms with Gasteiger partial charge in [0, 0.05) is 6.54 Å². The minimum atomic E-state index is 0.662. The predicted octanol–water partition coefficient (Wildman–Crippen LogP) is 5.90. The van der Waals surface area contributed by atoms with Crippen molar-refractivity contribution in [3.63, 3.8) is 0 Å². The molecule has 0 aliphatic rings. The molecule has 1 rings (SSSR count). The average molecular weight is 351 g/mol. The number of unbranched alkanes of at least 4 members (excludes halogenated alkanes) is 9. The highest BCUT2D eigenvalue weighted by molar-refractivity contribution is 7.80. The fourth-order valence-corrected chi connectivity index (χ4v) is 2.94. The maximum absolute atomic E-state index is 5.34. The van der Waals surface area contributed by atoms with Crippen molar-refractivity contribution in [3.05, 3.63) is 24.3 Å². The molecule has 0 aliphatic heterocycles. The first-order chi connectivity index (χ1) is 11.8. The van der Waals surface area contributed by atoms with Gasteiger partial charge in [-0.3, -0.25) is 0 Å². The Morgan fingerprint density at radius 2 is 1.50 bits per heavy atom. The number of para-hydroxylation sites is 2. The van der Waals surface area contributed by atoms with Crippen LogP contribution >= 0.6 is 12.2 Å². The van der Waals surface area contributed by atoms with Crippen molar-refractivity contribution in [2.45, 2.75) is 71.1 Å². The molecule has 1 aromatic carbocycles. The number of rotatable bonds is 13. The van der Waals surface area contributed by atoms with E-state index in [0.717, 1.165) is 18.0 Å². The van der Waals surface area contributed by atoms with E-state index < -0.39 is 0 Å². The first kappa shape index (κ1) is 20.8. The number of nitrogens with one attached hydrogen (secondary N) is 2. The summed E-state index contributed by atoms with van der Waals surface area (Å²) in [6.45, 7) is 3.20. The molecule has 24 heavy (non-hydrogen) atoms. The minimum absolute atomic E-state index is 0.662. The molecule has 0 saturated carbocycles. The molecule has 0 unspecified atom stereocenters. The summed E-state index contributed by atoms with van der Waals surface area (Å²) in [5.74, 6) is 0.806. The number of hydrogen-bond donors (Lipinski definition) is 2. The molecule has 4 heteroatoms. The second-order valence-corrected chi connectivity index (χ2v) is 6.67. The molecule has 0 bridgehead atoms. The Morgan fingerprint density at radius 3 is 2.12 bits per heavy atom. The van der Waals surface area contributed by atoms with E-state index in [9.17, 15) is 0 Å². The lowest BCUT2D eigenvalue weighted by Crippen LogP contribution is -2.29. The van der Waals surface area contributed by atoms with E-state index in [4.69, 9.17) is 17.0 Å². The number of ether oxygens (including phenoxy) is 1. The van der Waals surface area contributed by atoms with Crippen LogP contribution in [0.15, 0.2) is 24.3 Å². The number of hydrogen-bond acceptors (Lipinski definition) is 2. The summed E-state index contributed by atoms with van der Waals surface area (Å²) >= 11 is 5.34. The van der Waals surface area contributed by atoms with Crippen LogP contribution in [0.4, 0.5) is 5.69 Å². The SMILES string of the molecule is CCCCCCCCCCCCNC(=S)Nc1ccccc1OC. The molecule has 1 aromatic rings. The van der Waals surface area contributed by atoms with Crippen molar-refractivity contribution in [3.8, 4) is 5.75 Å². The van der Waals surface area contributed by atoms with Crippen LogP contribution in [0.3, 0.4) is 0 Å². The van der Waals surface area contributed by atoms with Crippen LogP contribution in [-0.2, 0) is 0 Å². The standard InChI is InChI=1S/C20H34N2OS/c1-3-4-5-6-7-8-9-10-11-14-17-21-20(24)22-18-15-12-13-16-19(18)23-2/h12-13,15-16H,3-11,14,17H2,1-2H3,(H2,21,22,24). The third-order valence-corrected chi connectivity index (χ3v) is 4.42. The molecular weight excluding hydrogens is 316 g/mol. The number of methoxy groups -OCH3 is 1. The first-order valence-electron chi connectivity index (χ1n) is 9.45. The van der Waals surface area contributed by atoms with Crippen molar-refractivity contribution in [2.24, 2.45) is 0 Å². The van der Waals surface area contributed by atoms with Crippen LogP contribution < -0.4 is 15.4 Å². The van der Waals surface area contributed by atoms with Crippen molar-refractivity contribution in [1.82, 2.24) is 5.32 Å². The van der Waals surface area contributed by atoms with E-state index in [1.165, 1.54) is 64.2 Å². The Bertz CT molecular complexity index is 451. The molecule has 0 spiro atoms. The molecule has 0 heterocycles. The van der Waals surface area contributed by atoms with Crippen molar-refractivity contribution >= 4 is 23.0 Å². The minimum Gasteiger partial charge on any atom is -0.495 e. The first-order valence-corrected chi connectivity index (χ1v) is 9.86. The number of thiocarbonyl (C=S) groups is 1. The van der Waals surface area contributed by atoms with Gasteiger partial charge < -0.3 is 15.4 Å². The summed E-state index contributed by atoms with van der Waals surface area (Å²) in [5, 5.41) is 7.13. The largest absolute Gasteiger partial charge is 0.495 e. The smallest absolute Gasteiger partial charge is 0.170 e. The van der Waals surface area contributed by atoms with E-state index in [1.54, 1.807) is 7.11 Å². The van der Waals surface area contributed by atoms with Crippen LogP contribution in [0.2, 0.25) is 0 Å². The molecule has 0 atom stereocenters. The van der Waals surface area contributed by atoms with Gasteiger partial charge in [-0.25, -0.2) is 0 Å². The molecule has 0 aliphatic carbocycles. The molecule has 0 aromatic heterocycles. The van der Waals surface area contributed by atoms with Gasteiger partial charge in [0.25, 0.3) is 0 Å². The Labute approximate surface area is 153 Å². The van der Waals surface area contributed by atoms with E-state index in [-0.39, 0.29) is 0 Å². The second-order valence-electron chi connectivity index (χ2n) is 6.26. The van der Waals surface area contributed by atoms with Gasteiger partial charge in [0.2, 0.25) is 0 Å². The normalized spacial score (nSPS) is 10.4. The van der Waals surface area contributed by atoms with Crippen LogP contribution in [0, 0.1) is 0 Å². The van der Waals surface area contributed by atoms with Crippen LogP contribution in [0.5, 0.6) is 5.75 Å². The van der Waals surface area contributed by atoms with Gasteiger partial charge in [-0.1, -0.05) is 76.8 Å². The zero-order valence-corrected chi connectivity index (χ0v) is 16.2. The molecule has 136 valence electrons. The lowest BCUT2D eigenvalue weighted by Gasteiger charge is -2.13. The van der Waals surface area contributed by atoms with Gasteiger partial charge >= 0.3 is 0 Å². The van der Waals surface area contributed by atoms with Crippen molar-refractivity contribution < 1.29 is 4.74 Å². The van der Waals surface area contributed by atoms with Gasteiger partial charge in [0.1, 0.15) is 5.75 Å². The van der Waals surface area contributed by atoms with Gasteiger partial charge in [-0.05, 0) is 30.8 Å². The lowest BCUT2D eigenvalue weighted by atomic mass is 10.1. The molecule has 2 N–H and O–H groups in total. The monoisotopic (exact) mass is 350 g/mol. The molecular formula is C20H34N2OS. The molecule has 0 saturated heterocycles. The summed E-state index contributed by atoms with van der Waals surface area (Å²) in [6.07, 6.45) is 13.5. The van der Waals surface area contributed by atoms with Gasteiger partial charge in [-0.15, -0.1) is 0 Å². The highest BCUT2D eigenvalue weighted by Gasteiger charge is 2.03. The van der Waals surface area contributed by atoms with E-state index in [2.05, 4.69) is 17.6 Å². The maximum Gasteiger partial charge on any atom is 0.170 e. The fourth-order valence-electron chi connectivity index (χ4n) is 2.73. The molecule has 0 fully saturated rings. The van der Waals surface area contributed by atoms with Gasteiger partial charge in [0.05, 0.1) is 12.8 Å². The Kier molecular flexibility index (Phi) is 12.2. The van der Waals surface area contributed by atoms with Crippen LogP contribution in [0.1, 0.15) is 71.1 Å². The number of anilines is 1. The molecule has 0 amide bonds. The van der Waals surface area contributed by atoms with E-state index in [0.29, 0.717) is 5.11 Å². The van der Waals surface area contributed by atoms with Crippen molar-refractivity contribution in [1.29, 1.82) is 0 Å². The Balaban J connectivity index is 1.98. The highest BCUT2D eigenvalue weighted by atomic mass is 32.1. The van der Waals surface area contributed by atoms with E-state index in [1.807, 2.05) is 24.3 Å². The topological polar surface area (TPSA) is 33.3 Å². The van der Waals surface area contributed by atoms with Gasteiger partial charge in [-0.2, -0.15) is 0 Å². The summed E-state index contributed by atoms with van der Waals surface area (Å²) < 4.78 is 5.31. The summed E-state index contributed by atoms with van der Waals surface area (Å²) in [7, 11) is 1.67. The fraction of sp³-hybridized carbons (Fsp3) is 0.650. The summed E-state index contributed by atoms with van der Waals surface area (Å²) in [5.41, 5.74) is 0.903. The quantitative estimate of drug-likeness (QED) is 0.343. The predicted molar refractivity (Wildman–Crippen MR) is 109 cm³/mol. The van der Waals surface area contributed by atoms with Crippen LogP contribution in [-0.4, -0.2) is 18.8 Å². The van der Waals surface area contributed by atoms with Crippen LogP contribution in [0.25, 0.3) is 0 Å². The maximum atomic E-state index is 5.34. The third kappa shape index (κ3) is 9.76. The second kappa shape index (κ2) is 14.1. The Hall–Kier alpha value is -1.29. The third-order valence-electron chi connectivity index (χ3n) is 4.17. The van der Waals surface area contributed by atoms with Gasteiger partial charge in [0.15, 0.2) is 5.11 Å². The Morgan fingerprint density at radius 1 is 0.917 bits per heavy atom. The average Bonchev–Trinajstić information content (AvgIpc) is 2.60. The molecule has 0 radical (unpaired) electrons. The molecule has 3 nitrogen and oxygen atoms in total. The zero-order valence-electron chi connectivity index (χ0n) is 15.4. The van der Waals surface area contributed by atoms with E-state index >= 15 is 0 Å². The summed E-state index contributed by atoms with van der Waals surface area (Å²) in [4.78, 5) is 0. The summed E-state index contributed by atoms with van der Waals surface area (Å²) in [6, 6.07) is 7.81.